The van der Waals surface area contributed by atoms with Gasteiger partial charge in [-0.25, -0.2) is 9.97 Å². The monoisotopic (exact) mass is 385 g/mol. The van der Waals surface area contributed by atoms with Gasteiger partial charge in [0.2, 0.25) is 5.88 Å². The highest BCUT2D eigenvalue weighted by Crippen LogP contribution is 2.25. The Labute approximate surface area is 128 Å². The number of hydrogen-bond donors (Lipinski definition) is 1. The van der Waals surface area contributed by atoms with E-state index in [0.29, 0.717) is 12.3 Å². The van der Waals surface area contributed by atoms with Gasteiger partial charge in [-0.05, 0) is 23.8 Å². The third kappa shape index (κ3) is 3.99. The number of rotatable bonds is 4. The first-order valence-corrected chi connectivity index (χ1v) is 7.23. The molecular weight excluding hydrogens is 374 g/mol. The van der Waals surface area contributed by atoms with Crippen LogP contribution in [0.25, 0.3) is 0 Å². The van der Waals surface area contributed by atoms with Crippen LogP contribution in [0.3, 0.4) is 0 Å². The summed E-state index contributed by atoms with van der Waals surface area (Å²) in [5.74, 6) is 0.549. The van der Waals surface area contributed by atoms with Gasteiger partial charge in [-0.1, -0.05) is 31.9 Å². The molecule has 4 nitrogen and oxygen atoms in total. The van der Waals surface area contributed by atoms with Crippen LogP contribution < -0.4 is 10.5 Å². The average Bonchev–Trinajstić information content (AvgIpc) is 2.37. The van der Waals surface area contributed by atoms with Crippen LogP contribution in [0.5, 0.6) is 5.88 Å². The Hall–Kier alpha value is -0.980. The van der Waals surface area contributed by atoms with E-state index < -0.39 is 0 Å². The van der Waals surface area contributed by atoms with E-state index in [9.17, 15) is 0 Å². The van der Waals surface area contributed by atoms with Crippen molar-refractivity contribution in [3.63, 3.8) is 0 Å². The lowest BCUT2D eigenvalue weighted by Gasteiger charge is -2.13. The van der Waals surface area contributed by atoms with E-state index in [0.717, 1.165) is 20.2 Å². The third-order valence-electron chi connectivity index (χ3n) is 2.65. The van der Waals surface area contributed by atoms with Crippen molar-refractivity contribution in [3.05, 3.63) is 50.8 Å². The summed E-state index contributed by atoms with van der Waals surface area (Å²) in [4.78, 5) is 8.18. The summed E-state index contributed by atoms with van der Waals surface area (Å²) in [6.07, 6.45) is 2.11. The SMILES string of the molecule is COc1cc(CC(N)c2cc(Br)cc(Br)c2)ncn1. The first kappa shape index (κ1) is 14.4. The van der Waals surface area contributed by atoms with Crippen LogP contribution in [-0.2, 0) is 6.42 Å². The number of halogens is 2. The number of nitrogens with zero attached hydrogens (tertiary/aromatic N) is 2. The zero-order chi connectivity index (χ0) is 13.8. The Bertz CT molecular complexity index is 557. The molecule has 2 N–H and O–H groups in total. The lowest BCUT2D eigenvalue weighted by atomic mass is 10.0. The summed E-state index contributed by atoms with van der Waals surface area (Å²) in [5, 5.41) is 0. The molecule has 0 saturated heterocycles. The molecule has 0 amide bonds. The second-order valence-corrected chi connectivity index (χ2v) is 5.90. The van der Waals surface area contributed by atoms with Crippen molar-refractivity contribution in [2.24, 2.45) is 5.73 Å². The molecule has 0 fully saturated rings. The maximum Gasteiger partial charge on any atom is 0.216 e. The zero-order valence-corrected chi connectivity index (χ0v) is 13.5. The Morgan fingerprint density at radius 2 is 1.84 bits per heavy atom. The predicted molar refractivity (Wildman–Crippen MR) is 81.1 cm³/mol. The van der Waals surface area contributed by atoms with E-state index >= 15 is 0 Å². The summed E-state index contributed by atoms with van der Waals surface area (Å²) >= 11 is 6.92. The van der Waals surface area contributed by atoms with Crippen molar-refractivity contribution < 1.29 is 4.74 Å². The molecule has 0 bridgehead atoms. The fourth-order valence-corrected chi connectivity index (χ4v) is 3.06. The molecule has 6 heteroatoms. The molecule has 0 spiro atoms. The highest BCUT2D eigenvalue weighted by Gasteiger charge is 2.10. The molecule has 1 heterocycles. The fourth-order valence-electron chi connectivity index (χ4n) is 1.73. The molecular formula is C13H13Br2N3O. The van der Waals surface area contributed by atoms with Gasteiger partial charge in [0.25, 0.3) is 0 Å². The summed E-state index contributed by atoms with van der Waals surface area (Å²) in [6, 6.07) is 7.66. The molecule has 2 rings (SSSR count). The summed E-state index contributed by atoms with van der Waals surface area (Å²) in [5.41, 5.74) is 8.11. The summed E-state index contributed by atoms with van der Waals surface area (Å²) in [7, 11) is 1.58. The minimum atomic E-state index is -0.131. The van der Waals surface area contributed by atoms with E-state index in [1.54, 1.807) is 13.2 Å². The minimum Gasteiger partial charge on any atom is -0.481 e. The Balaban J connectivity index is 2.17. The van der Waals surface area contributed by atoms with Crippen LogP contribution in [0.2, 0.25) is 0 Å². The van der Waals surface area contributed by atoms with Crippen LogP contribution in [0.1, 0.15) is 17.3 Å². The normalized spacial score (nSPS) is 12.2. The topological polar surface area (TPSA) is 61.0 Å². The number of aromatic nitrogens is 2. The number of benzene rings is 1. The van der Waals surface area contributed by atoms with Crippen LogP contribution in [0.15, 0.2) is 39.5 Å². The van der Waals surface area contributed by atoms with E-state index in [1.165, 1.54) is 6.33 Å². The Kier molecular flexibility index (Phi) is 4.90. The van der Waals surface area contributed by atoms with Crippen LogP contribution in [0.4, 0.5) is 0 Å². The zero-order valence-electron chi connectivity index (χ0n) is 10.3. The van der Waals surface area contributed by atoms with Crippen molar-refractivity contribution in [3.8, 4) is 5.88 Å². The molecule has 0 aliphatic rings. The summed E-state index contributed by atoms with van der Waals surface area (Å²) in [6.45, 7) is 0. The van der Waals surface area contributed by atoms with Gasteiger partial charge in [-0.2, -0.15) is 0 Å². The lowest BCUT2D eigenvalue weighted by molar-refractivity contribution is 0.395. The average molecular weight is 387 g/mol. The van der Waals surface area contributed by atoms with E-state index in [2.05, 4.69) is 41.8 Å². The predicted octanol–water partition coefficient (Wildman–Crippen LogP) is 3.25. The molecule has 1 aromatic heterocycles. The third-order valence-corrected chi connectivity index (χ3v) is 3.57. The first-order valence-electron chi connectivity index (χ1n) is 5.65. The Morgan fingerprint density at radius 3 is 2.47 bits per heavy atom. The van der Waals surface area contributed by atoms with Crippen LogP contribution >= 0.6 is 31.9 Å². The van der Waals surface area contributed by atoms with Gasteiger partial charge >= 0.3 is 0 Å². The molecule has 19 heavy (non-hydrogen) atoms. The number of ether oxygens (including phenoxy) is 1. The molecule has 1 atom stereocenters. The molecule has 1 aromatic carbocycles. The molecule has 100 valence electrons. The van der Waals surface area contributed by atoms with Gasteiger partial charge in [-0.15, -0.1) is 0 Å². The van der Waals surface area contributed by atoms with Crippen LogP contribution in [-0.4, -0.2) is 17.1 Å². The van der Waals surface area contributed by atoms with Gasteiger partial charge in [-0.3, -0.25) is 0 Å². The number of methoxy groups -OCH3 is 1. The van der Waals surface area contributed by atoms with Gasteiger partial charge in [0, 0.05) is 33.2 Å². The number of hydrogen-bond acceptors (Lipinski definition) is 4. The van der Waals surface area contributed by atoms with Crippen molar-refractivity contribution in [2.45, 2.75) is 12.5 Å². The highest BCUT2D eigenvalue weighted by molar-refractivity contribution is 9.11. The maximum absolute atomic E-state index is 6.21. The lowest BCUT2D eigenvalue weighted by Crippen LogP contribution is -2.14. The van der Waals surface area contributed by atoms with Crippen molar-refractivity contribution in [1.29, 1.82) is 0 Å². The maximum atomic E-state index is 6.21. The standard InChI is InChI=1S/C13H13Br2N3O/c1-19-13-6-11(17-7-18-13)5-12(16)8-2-9(14)4-10(15)3-8/h2-4,6-7,12H,5,16H2,1H3. The van der Waals surface area contributed by atoms with Gasteiger partial charge in [0.05, 0.1) is 7.11 Å². The van der Waals surface area contributed by atoms with Gasteiger partial charge in [0.1, 0.15) is 6.33 Å². The largest absolute Gasteiger partial charge is 0.481 e. The molecule has 0 aliphatic heterocycles. The van der Waals surface area contributed by atoms with Crippen molar-refractivity contribution >= 4 is 31.9 Å². The molecule has 0 radical (unpaired) electrons. The van der Waals surface area contributed by atoms with E-state index in [-0.39, 0.29) is 6.04 Å². The molecule has 1 unspecified atom stereocenters. The first-order chi connectivity index (χ1) is 9.08. The molecule has 0 aliphatic carbocycles. The van der Waals surface area contributed by atoms with E-state index in [1.807, 2.05) is 18.2 Å². The van der Waals surface area contributed by atoms with Gasteiger partial charge < -0.3 is 10.5 Å². The fraction of sp³-hybridized carbons (Fsp3) is 0.231. The van der Waals surface area contributed by atoms with Crippen molar-refractivity contribution in [1.82, 2.24) is 9.97 Å². The quantitative estimate of drug-likeness (QED) is 0.875. The van der Waals surface area contributed by atoms with Crippen LogP contribution in [0, 0.1) is 0 Å². The van der Waals surface area contributed by atoms with Crippen molar-refractivity contribution in [2.75, 3.05) is 7.11 Å². The minimum absolute atomic E-state index is 0.131. The second-order valence-electron chi connectivity index (χ2n) is 4.07. The second kappa shape index (κ2) is 6.45. The van der Waals surface area contributed by atoms with Gasteiger partial charge in [0.15, 0.2) is 0 Å². The molecule has 0 saturated carbocycles. The summed E-state index contributed by atoms with van der Waals surface area (Å²) < 4.78 is 7.06. The van der Waals surface area contributed by atoms with E-state index in [4.69, 9.17) is 10.5 Å². The highest BCUT2D eigenvalue weighted by atomic mass is 79.9. The molecule has 2 aromatic rings. The number of nitrogens with two attached hydrogens (primary N) is 1. The smallest absolute Gasteiger partial charge is 0.216 e. The Morgan fingerprint density at radius 1 is 1.16 bits per heavy atom.